The zero-order valence-electron chi connectivity index (χ0n) is 16.5. The van der Waals surface area contributed by atoms with Crippen LogP contribution in [0.5, 0.6) is 11.5 Å². The molecule has 0 aliphatic heterocycles. The average molecular weight is 413 g/mol. The molecule has 0 fully saturated rings. The number of hydrogen-bond donors (Lipinski definition) is 2. The number of hydrogen-bond acceptors (Lipinski definition) is 6. The average Bonchev–Trinajstić information content (AvgIpc) is 2.73. The molecule has 1 amide bonds. The van der Waals surface area contributed by atoms with Crippen molar-refractivity contribution in [2.45, 2.75) is 23.8 Å². The molecular weight excluding hydrogens is 390 g/mol. The Labute approximate surface area is 172 Å². The van der Waals surface area contributed by atoms with E-state index in [9.17, 15) is 9.59 Å². The number of nitrogens with zero attached hydrogens (tertiary/aromatic N) is 1. The number of amides is 1. The van der Waals surface area contributed by atoms with Gasteiger partial charge < -0.3 is 19.8 Å². The first-order valence-electron chi connectivity index (χ1n) is 9.16. The predicted octanol–water partition coefficient (Wildman–Crippen LogP) is 2.78. The summed E-state index contributed by atoms with van der Waals surface area (Å²) in [6.45, 7) is 2.27. The number of rotatable bonds is 8. The monoisotopic (exact) mass is 413 g/mol. The Kier molecular flexibility index (Phi) is 6.77. The zero-order valence-corrected chi connectivity index (χ0v) is 17.3. The quantitative estimate of drug-likeness (QED) is 0.436. The van der Waals surface area contributed by atoms with E-state index in [1.54, 1.807) is 39.3 Å². The molecule has 3 rings (SSSR count). The highest BCUT2D eigenvalue weighted by Crippen LogP contribution is 2.27. The maximum atomic E-state index is 12.4. The molecule has 152 valence electrons. The fourth-order valence-electron chi connectivity index (χ4n) is 2.85. The van der Waals surface area contributed by atoms with Gasteiger partial charge in [-0.25, -0.2) is 4.98 Å². The number of thioether (sulfide) groups is 1. The molecule has 29 heavy (non-hydrogen) atoms. The second-order valence-electron chi connectivity index (χ2n) is 6.38. The number of aromatic nitrogens is 2. The first kappa shape index (κ1) is 20.7. The number of methoxy groups -OCH3 is 2. The van der Waals surface area contributed by atoms with E-state index in [1.807, 2.05) is 24.3 Å². The van der Waals surface area contributed by atoms with E-state index in [0.29, 0.717) is 40.5 Å². The predicted molar refractivity (Wildman–Crippen MR) is 114 cm³/mol. The van der Waals surface area contributed by atoms with Gasteiger partial charge in [0.15, 0.2) is 16.7 Å². The standard InChI is InChI=1S/C21H23N3O4S/c1-13(29-21-23-16-7-5-4-6-15(16)20(26)24-21)19(25)22-11-10-14-8-9-17(27-2)18(12-14)28-3/h4-9,12-13H,10-11H2,1-3H3,(H,22,25)(H,23,24,26). The normalized spacial score (nSPS) is 11.8. The molecule has 0 aliphatic rings. The minimum absolute atomic E-state index is 0.119. The molecule has 1 heterocycles. The van der Waals surface area contributed by atoms with E-state index in [1.165, 1.54) is 11.8 Å². The van der Waals surface area contributed by atoms with Gasteiger partial charge in [-0.2, -0.15) is 0 Å². The summed E-state index contributed by atoms with van der Waals surface area (Å²) in [5, 5.41) is 3.48. The van der Waals surface area contributed by atoms with Crippen molar-refractivity contribution in [1.29, 1.82) is 0 Å². The molecule has 1 aromatic heterocycles. The number of para-hydroxylation sites is 1. The van der Waals surface area contributed by atoms with Gasteiger partial charge in [-0.15, -0.1) is 0 Å². The lowest BCUT2D eigenvalue weighted by atomic mass is 10.1. The van der Waals surface area contributed by atoms with Crippen LogP contribution in [0.2, 0.25) is 0 Å². The van der Waals surface area contributed by atoms with Gasteiger partial charge in [-0.05, 0) is 43.2 Å². The second-order valence-corrected chi connectivity index (χ2v) is 7.71. The smallest absolute Gasteiger partial charge is 0.259 e. The molecule has 0 spiro atoms. The molecule has 8 heteroatoms. The second kappa shape index (κ2) is 9.47. The third kappa shape index (κ3) is 5.08. The van der Waals surface area contributed by atoms with Crippen molar-refractivity contribution >= 4 is 28.6 Å². The van der Waals surface area contributed by atoms with Crippen LogP contribution >= 0.6 is 11.8 Å². The maximum absolute atomic E-state index is 12.4. The van der Waals surface area contributed by atoms with E-state index in [0.717, 1.165) is 5.56 Å². The highest BCUT2D eigenvalue weighted by Gasteiger charge is 2.16. The molecule has 7 nitrogen and oxygen atoms in total. The van der Waals surface area contributed by atoms with Gasteiger partial charge in [0.2, 0.25) is 5.91 Å². The minimum atomic E-state index is -0.398. The van der Waals surface area contributed by atoms with Crippen molar-refractivity contribution in [2.75, 3.05) is 20.8 Å². The van der Waals surface area contributed by atoms with Crippen LogP contribution in [-0.2, 0) is 11.2 Å². The third-order valence-electron chi connectivity index (χ3n) is 4.41. The van der Waals surface area contributed by atoms with Crippen LogP contribution in [0.1, 0.15) is 12.5 Å². The molecule has 2 aromatic carbocycles. The number of ether oxygens (including phenoxy) is 2. The number of aromatic amines is 1. The van der Waals surface area contributed by atoms with Crippen molar-refractivity contribution in [3.8, 4) is 11.5 Å². The molecule has 1 atom stereocenters. The number of carbonyl (C=O) groups excluding carboxylic acids is 1. The summed E-state index contributed by atoms with van der Waals surface area (Å²) in [4.78, 5) is 31.7. The van der Waals surface area contributed by atoms with Gasteiger partial charge in [0.1, 0.15) is 0 Å². The van der Waals surface area contributed by atoms with Crippen LogP contribution in [-0.4, -0.2) is 41.9 Å². The van der Waals surface area contributed by atoms with Gasteiger partial charge in [-0.1, -0.05) is 30.0 Å². The number of benzene rings is 2. The number of carbonyl (C=O) groups is 1. The Morgan fingerprint density at radius 2 is 1.93 bits per heavy atom. The summed E-state index contributed by atoms with van der Waals surface area (Å²) in [6.07, 6.45) is 0.661. The van der Waals surface area contributed by atoms with E-state index < -0.39 is 5.25 Å². The summed E-state index contributed by atoms with van der Waals surface area (Å²) in [5.41, 5.74) is 1.43. The van der Waals surface area contributed by atoms with E-state index in [2.05, 4.69) is 15.3 Å². The van der Waals surface area contributed by atoms with Crippen LogP contribution in [0, 0.1) is 0 Å². The highest BCUT2D eigenvalue weighted by molar-refractivity contribution is 8.00. The van der Waals surface area contributed by atoms with Gasteiger partial charge >= 0.3 is 0 Å². The molecular formula is C21H23N3O4S. The fraction of sp³-hybridized carbons (Fsp3) is 0.286. The largest absolute Gasteiger partial charge is 0.493 e. The summed E-state index contributed by atoms with van der Waals surface area (Å²) >= 11 is 1.22. The van der Waals surface area contributed by atoms with Crippen molar-refractivity contribution in [3.63, 3.8) is 0 Å². The van der Waals surface area contributed by atoms with Crippen LogP contribution in [0.4, 0.5) is 0 Å². The molecule has 0 bridgehead atoms. The van der Waals surface area contributed by atoms with Gasteiger partial charge in [0.05, 0.1) is 30.4 Å². The Bertz CT molecular complexity index is 1070. The summed E-state index contributed by atoms with van der Waals surface area (Å²) in [5.74, 6) is 1.21. The SMILES string of the molecule is COc1ccc(CCNC(=O)C(C)Sc2nc3ccccc3c(=O)[nH]2)cc1OC. The Morgan fingerprint density at radius 1 is 1.17 bits per heavy atom. The molecule has 0 saturated heterocycles. The topological polar surface area (TPSA) is 93.3 Å². The third-order valence-corrected chi connectivity index (χ3v) is 5.39. The molecule has 0 saturated carbocycles. The number of H-pyrrole nitrogens is 1. The first-order valence-corrected chi connectivity index (χ1v) is 10.0. The minimum Gasteiger partial charge on any atom is -0.493 e. The number of fused-ring (bicyclic) bond motifs is 1. The van der Waals surface area contributed by atoms with E-state index in [4.69, 9.17) is 9.47 Å². The Morgan fingerprint density at radius 3 is 2.69 bits per heavy atom. The van der Waals surface area contributed by atoms with Crippen LogP contribution in [0.15, 0.2) is 52.4 Å². The van der Waals surface area contributed by atoms with E-state index in [-0.39, 0.29) is 11.5 Å². The van der Waals surface area contributed by atoms with Gasteiger partial charge in [-0.3, -0.25) is 9.59 Å². The summed E-state index contributed by atoms with van der Waals surface area (Å²) in [7, 11) is 3.18. The lowest BCUT2D eigenvalue weighted by Crippen LogP contribution is -2.32. The van der Waals surface area contributed by atoms with Crippen LogP contribution in [0.25, 0.3) is 10.9 Å². The van der Waals surface area contributed by atoms with Gasteiger partial charge in [0.25, 0.3) is 5.56 Å². The summed E-state index contributed by atoms with van der Waals surface area (Å²) < 4.78 is 10.5. The highest BCUT2D eigenvalue weighted by atomic mass is 32.2. The lowest BCUT2D eigenvalue weighted by Gasteiger charge is -2.13. The van der Waals surface area contributed by atoms with Crippen molar-refractivity contribution < 1.29 is 14.3 Å². The van der Waals surface area contributed by atoms with Gasteiger partial charge in [0, 0.05) is 6.54 Å². The van der Waals surface area contributed by atoms with E-state index >= 15 is 0 Å². The number of nitrogens with one attached hydrogen (secondary N) is 2. The lowest BCUT2D eigenvalue weighted by molar-refractivity contribution is -0.120. The molecule has 3 aromatic rings. The first-order chi connectivity index (χ1) is 14.0. The van der Waals surface area contributed by atoms with Crippen molar-refractivity contribution in [1.82, 2.24) is 15.3 Å². The molecule has 0 aliphatic carbocycles. The fourth-order valence-corrected chi connectivity index (χ4v) is 3.68. The molecule has 1 unspecified atom stereocenters. The van der Waals surface area contributed by atoms with Crippen molar-refractivity contribution in [3.05, 3.63) is 58.4 Å². The molecule has 0 radical (unpaired) electrons. The molecule has 2 N–H and O–H groups in total. The zero-order chi connectivity index (χ0) is 20.8. The summed E-state index contributed by atoms with van der Waals surface area (Å²) in [6, 6.07) is 12.8. The Hall–Kier alpha value is -3.00. The van der Waals surface area contributed by atoms with Crippen molar-refractivity contribution in [2.24, 2.45) is 0 Å². The van der Waals surface area contributed by atoms with Crippen LogP contribution < -0.4 is 20.3 Å². The van der Waals surface area contributed by atoms with Crippen LogP contribution in [0.3, 0.4) is 0 Å². The Balaban J connectivity index is 1.56. The maximum Gasteiger partial charge on any atom is 0.259 e.